The SMILES string of the molecule is CCOc1cc(C=O)cc(Br)c1OCc1cncc(Br)c1. The van der Waals surface area contributed by atoms with Gasteiger partial charge in [0, 0.05) is 28.0 Å². The fraction of sp³-hybridized carbons (Fsp3) is 0.200. The summed E-state index contributed by atoms with van der Waals surface area (Å²) in [5.41, 5.74) is 1.46. The van der Waals surface area contributed by atoms with Gasteiger partial charge >= 0.3 is 0 Å². The van der Waals surface area contributed by atoms with Gasteiger partial charge in [-0.05, 0) is 57.0 Å². The minimum Gasteiger partial charge on any atom is -0.490 e. The zero-order valence-electron chi connectivity index (χ0n) is 11.3. The summed E-state index contributed by atoms with van der Waals surface area (Å²) in [5, 5.41) is 0. The van der Waals surface area contributed by atoms with E-state index in [4.69, 9.17) is 9.47 Å². The third-order valence-electron chi connectivity index (χ3n) is 2.61. The average molecular weight is 415 g/mol. The highest BCUT2D eigenvalue weighted by Gasteiger charge is 2.12. The first kappa shape index (κ1) is 16.0. The molecule has 110 valence electrons. The van der Waals surface area contributed by atoms with E-state index in [1.807, 2.05) is 13.0 Å². The van der Waals surface area contributed by atoms with Crippen molar-refractivity contribution in [2.24, 2.45) is 0 Å². The van der Waals surface area contributed by atoms with Gasteiger partial charge in [-0.25, -0.2) is 0 Å². The zero-order chi connectivity index (χ0) is 15.2. The number of rotatable bonds is 6. The predicted octanol–water partition coefficient (Wildman–Crippen LogP) is 4.40. The molecule has 0 saturated heterocycles. The monoisotopic (exact) mass is 413 g/mol. The first-order chi connectivity index (χ1) is 10.1. The van der Waals surface area contributed by atoms with Gasteiger partial charge in [-0.15, -0.1) is 0 Å². The molecule has 0 aliphatic heterocycles. The molecule has 2 rings (SSSR count). The Kier molecular flexibility index (Phi) is 5.76. The summed E-state index contributed by atoms with van der Waals surface area (Å²) in [6, 6.07) is 5.29. The molecule has 21 heavy (non-hydrogen) atoms. The third kappa shape index (κ3) is 4.28. The smallest absolute Gasteiger partial charge is 0.175 e. The van der Waals surface area contributed by atoms with Gasteiger partial charge in [-0.1, -0.05) is 0 Å². The maximum atomic E-state index is 10.9. The number of aromatic nitrogens is 1. The molecule has 0 radical (unpaired) electrons. The van der Waals surface area contributed by atoms with Crippen molar-refractivity contribution in [3.63, 3.8) is 0 Å². The van der Waals surface area contributed by atoms with E-state index in [9.17, 15) is 4.79 Å². The van der Waals surface area contributed by atoms with Crippen LogP contribution in [0.5, 0.6) is 11.5 Å². The third-order valence-corrected chi connectivity index (χ3v) is 3.64. The number of benzene rings is 1. The van der Waals surface area contributed by atoms with Crippen LogP contribution in [-0.2, 0) is 6.61 Å². The van der Waals surface area contributed by atoms with Gasteiger partial charge in [0.2, 0.25) is 0 Å². The van der Waals surface area contributed by atoms with E-state index in [1.54, 1.807) is 24.5 Å². The molecule has 1 heterocycles. The maximum absolute atomic E-state index is 10.9. The second-order valence-corrected chi connectivity index (χ2v) is 5.95. The highest BCUT2D eigenvalue weighted by Crippen LogP contribution is 2.37. The lowest BCUT2D eigenvalue weighted by atomic mass is 10.2. The van der Waals surface area contributed by atoms with E-state index >= 15 is 0 Å². The topological polar surface area (TPSA) is 48.4 Å². The van der Waals surface area contributed by atoms with E-state index in [-0.39, 0.29) is 0 Å². The Morgan fingerprint density at radius 1 is 1.19 bits per heavy atom. The summed E-state index contributed by atoms with van der Waals surface area (Å²) in [7, 11) is 0. The number of hydrogen-bond donors (Lipinski definition) is 0. The Hall–Kier alpha value is -1.40. The van der Waals surface area contributed by atoms with Crippen LogP contribution in [0.25, 0.3) is 0 Å². The number of ether oxygens (including phenoxy) is 2. The van der Waals surface area contributed by atoms with Crippen LogP contribution in [0.2, 0.25) is 0 Å². The average Bonchev–Trinajstić information content (AvgIpc) is 2.46. The normalized spacial score (nSPS) is 10.2. The summed E-state index contributed by atoms with van der Waals surface area (Å²) in [4.78, 5) is 15.0. The summed E-state index contributed by atoms with van der Waals surface area (Å²) in [5.74, 6) is 1.11. The fourth-order valence-corrected chi connectivity index (χ4v) is 2.74. The number of aldehydes is 1. The molecule has 0 atom stereocenters. The highest BCUT2D eigenvalue weighted by molar-refractivity contribution is 9.10. The molecular formula is C15H13Br2NO3. The van der Waals surface area contributed by atoms with E-state index in [2.05, 4.69) is 36.8 Å². The van der Waals surface area contributed by atoms with Gasteiger partial charge in [-0.3, -0.25) is 9.78 Å². The van der Waals surface area contributed by atoms with Crippen LogP contribution in [-0.4, -0.2) is 17.9 Å². The van der Waals surface area contributed by atoms with Crippen molar-refractivity contribution in [1.29, 1.82) is 0 Å². The van der Waals surface area contributed by atoms with Crippen molar-refractivity contribution in [2.75, 3.05) is 6.61 Å². The fourth-order valence-electron chi connectivity index (χ4n) is 1.75. The Morgan fingerprint density at radius 2 is 2.00 bits per heavy atom. The summed E-state index contributed by atoms with van der Waals surface area (Å²) in [6.45, 7) is 2.72. The quantitative estimate of drug-likeness (QED) is 0.657. The van der Waals surface area contributed by atoms with E-state index in [0.717, 1.165) is 16.3 Å². The molecule has 0 amide bonds. The molecule has 0 aliphatic carbocycles. The van der Waals surface area contributed by atoms with Gasteiger partial charge in [0.25, 0.3) is 0 Å². The van der Waals surface area contributed by atoms with Crippen LogP contribution in [0, 0.1) is 0 Å². The van der Waals surface area contributed by atoms with Crippen molar-refractivity contribution >= 4 is 38.1 Å². The maximum Gasteiger partial charge on any atom is 0.175 e. The molecule has 0 saturated carbocycles. The molecule has 1 aromatic carbocycles. The molecule has 0 unspecified atom stereocenters. The molecule has 6 heteroatoms. The van der Waals surface area contributed by atoms with Crippen LogP contribution in [0.15, 0.2) is 39.5 Å². The minimum absolute atomic E-state index is 0.353. The van der Waals surface area contributed by atoms with Crippen molar-refractivity contribution in [3.8, 4) is 11.5 Å². The number of pyridine rings is 1. The predicted molar refractivity (Wildman–Crippen MR) is 87.0 cm³/mol. The Balaban J connectivity index is 2.24. The Morgan fingerprint density at radius 3 is 2.67 bits per heavy atom. The van der Waals surface area contributed by atoms with Gasteiger partial charge in [0.15, 0.2) is 11.5 Å². The Labute approximate surface area is 139 Å². The summed E-state index contributed by atoms with van der Waals surface area (Å²) in [6.07, 6.45) is 4.22. The summed E-state index contributed by atoms with van der Waals surface area (Å²) >= 11 is 6.78. The first-order valence-electron chi connectivity index (χ1n) is 6.27. The molecule has 0 aliphatic rings. The van der Waals surface area contributed by atoms with E-state index in [0.29, 0.717) is 34.7 Å². The lowest BCUT2D eigenvalue weighted by Gasteiger charge is -2.14. The van der Waals surface area contributed by atoms with Crippen LogP contribution in [0.3, 0.4) is 0 Å². The van der Waals surface area contributed by atoms with E-state index in [1.165, 1.54) is 0 Å². The number of nitrogens with zero attached hydrogens (tertiary/aromatic N) is 1. The number of carbonyl (C=O) groups is 1. The molecule has 2 aromatic rings. The second kappa shape index (κ2) is 7.56. The standard InChI is InChI=1S/C15H13Br2NO3/c1-2-20-14-5-10(8-19)4-13(17)15(14)21-9-11-3-12(16)7-18-6-11/h3-8H,2,9H2,1H3. The highest BCUT2D eigenvalue weighted by atomic mass is 79.9. The number of halogens is 2. The minimum atomic E-state index is 0.353. The van der Waals surface area contributed by atoms with Crippen molar-refractivity contribution < 1.29 is 14.3 Å². The lowest BCUT2D eigenvalue weighted by molar-refractivity contribution is 0.112. The molecule has 4 nitrogen and oxygen atoms in total. The molecule has 0 spiro atoms. The Bertz CT molecular complexity index is 647. The van der Waals surface area contributed by atoms with E-state index < -0.39 is 0 Å². The van der Waals surface area contributed by atoms with Crippen LogP contribution in [0.4, 0.5) is 0 Å². The van der Waals surface area contributed by atoms with Crippen molar-refractivity contribution in [2.45, 2.75) is 13.5 Å². The largest absolute Gasteiger partial charge is 0.490 e. The van der Waals surface area contributed by atoms with Gasteiger partial charge in [-0.2, -0.15) is 0 Å². The van der Waals surface area contributed by atoms with Gasteiger partial charge < -0.3 is 9.47 Å². The molecular weight excluding hydrogens is 402 g/mol. The molecule has 1 aromatic heterocycles. The van der Waals surface area contributed by atoms with Crippen LogP contribution < -0.4 is 9.47 Å². The molecule has 0 fully saturated rings. The number of hydrogen-bond acceptors (Lipinski definition) is 4. The van der Waals surface area contributed by atoms with Crippen LogP contribution >= 0.6 is 31.9 Å². The summed E-state index contributed by atoms with van der Waals surface area (Å²) < 4.78 is 12.9. The van der Waals surface area contributed by atoms with Crippen LogP contribution in [0.1, 0.15) is 22.8 Å². The molecule has 0 N–H and O–H groups in total. The molecule has 0 bridgehead atoms. The van der Waals surface area contributed by atoms with Crippen molar-refractivity contribution in [3.05, 3.63) is 50.7 Å². The number of carbonyl (C=O) groups excluding carboxylic acids is 1. The first-order valence-corrected chi connectivity index (χ1v) is 7.86. The van der Waals surface area contributed by atoms with Crippen molar-refractivity contribution in [1.82, 2.24) is 4.98 Å². The lowest BCUT2D eigenvalue weighted by Crippen LogP contribution is -2.01. The second-order valence-electron chi connectivity index (χ2n) is 4.18. The van der Waals surface area contributed by atoms with Gasteiger partial charge in [0.1, 0.15) is 12.9 Å². The zero-order valence-corrected chi connectivity index (χ0v) is 14.5. The van der Waals surface area contributed by atoms with Gasteiger partial charge in [0.05, 0.1) is 11.1 Å².